The van der Waals surface area contributed by atoms with Crippen LogP contribution < -0.4 is 0 Å². The van der Waals surface area contributed by atoms with E-state index in [1.165, 1.54) is 141 Å². The number of aliphatic carboxylic acids is 1. The first-order chi connectivity index (χ1) is 45.6. The number of rotatable bonds is 68. The number of hydrogen-bond acceptors (Lipinski definition) is 7. The number of quaternary nitrogens is 1. The molecule has 528 valence electrons. The van der Waals surface area contributed by atoms with Crippen molar-refractivity contribution in [3.8, 4) is 0 Å². The van der Waals surface area contributed by atoms with Crippen LogP contribution in [0.3, 0.4) is 0 Å². The lowest BCUT2D eigenvalue weighted by Gasteiger charge is -2.25. The van der Waals surface area contributed by atoms with Gasteiger partial charge in [0.2, 0.25) is 0 Å². The van der Waals surface area contributed by atoms with Crippen molar-refractivity contribution in [1.29, 1.82) is 0 Å². The summed E-state index contributed by atoms with van der Waals surface area (Å²) in [4.78, 5) is 37.7. The average molecular weight is 1290 g/mol. The average Bonchev–Trinajstić information content (AvgIpc) is 3.73. The van der Waals surface area contributed by atoms with Crippen molar-refractivity contribution in [2.24, 2.45) is 0 Å². The van der Waals surface area contributed by atoms with Crippen molar-refractivity contribution in [3.63, 3.8) is 0 Å². The number of carbonyl (C=O) groups is 3. The first-order valence-electron chi connectivity index (χ1n) is 37.6. The molecule has 0 aromatic rings. The van der Waals surface area contributed by atoms with Gasteiger partial charge in [0.25, 0.3) is 6.29 Å². The minimum absolute atomic E-state index is 0.181. The highest BCUT2D eigenvalue weighted by Gasteiger charge is 2.25. The Bertz CT molecular complexity index is 2090. The highest BCUT2D eigenvalue weighted by molar-refractivity contribution is 5.71. The first-order valence-corrected chi connectivity index (χ1v) is 37.6. The van der Waals surface area contributed by atoms with E-state index in [2.05, 4.69) is 172 Å². The van der Waals surface area contributed by atoms with Gasteiger partial charge in [0.15, 0.2) is 6.10 Å². The van der Waals surface area contributed by atoms with Crippen LogP contribution in [0.5, 0.6) is 0 Å². The van der Waals surface area contributed by atoms with Crippen LogP contribution in [0.15, 0.2) is 158 Å². The summed E-state index contributed by atoms with van der Waals surface area (Å²) in [6, 6.07) is 0. The Balaban J connectivity index is 4.11. The van der Waals surface area contributed by atoms with Crippen LogP contribution in [-0.4, -0.2) is 87.4 Å². The summed E-state index contributed by atoms with van der Waals surface area (Å²) in [5, 5.41) is 9.77. The normalized spacial score (nSPS) is 13.6. The van der Waals surface area contributed by atoms with E-state index >= 15 is 0 Å². The molecule has 0 aliphatic heterocycles. The van der Waals surface area contributed by atoms with Crippen molar-refractivity contribution in [2.45, 2.75) is 309 Å². The second kappa shape index (κ2) is 72.7. The number of ether oxygens (including phenoxy) is 4. The summed E-state index contributed by atoms with van der Waals surface area (Å²) < 4.78 is 23.0. The Morgan fingerprint density at radius 3 is 0.860 bits per heavy atom. The summed E-state index contributed by atoms with van der Waals surface area (Å²) in [5.41, 5.74) is 0. The predicted octanol–water partition coefficient (Wildman–Crippen LogP) is 24.0. The number of esters is 2. The van der Waals surface area contributed by atoms with Crippen LogP contribution in [0, 0.1) is 0 Å². The Kier molecular flexibility index (Phi) is 68.8. The van der Waals surface area contributed by atoms with Crippen molar-refractivity contribution < 1.29 is 42.9 Å². The maximum absolute atomic E-state index is 13.0. The molecule has 0 aromatic heterocycles. The third kappa shape index (κ3) is 74.2. The number of likely N-dealkylation sites (N-methyl/N-ethyl adjacent to an activating group) is 1. The van der Waals surface area contributed by atoms with E-state index in [-0.39, 0.29) is 32.2 Å². The van der Waals surface area contributed by atoms with Gasteiger partial charge in [0, 0.05) is 12.8 Å². The zero-order chi connectivity index (χ0) is 67.5. The molecule has 2 unspecified atom stereocenters. The van der Waals surface area contributed by atoms with Gasteiger partial charge in [-0.1, -0.05) is 320 Å². The fourth-order valence-corrected chi connectivity index (χ4v) is 10.1. The molecule has 0 rings (SSSR count). The summed E-state index contributed by atoms with van der Waals surface area (Å²) in [6.45, 7) is 4.66. The highest BCUT2D eigenvalue weighted by atomic mass is 16.7. The topological polar surface area (TPSA) is 108 Å². The van der Waals surface area contributed by atoms with Crippen molar-refractivity contribution >= 4 is 17.9 Å². The Morgan fingerprint density at radius 1 is 0.323 bits per heavy atom. The molecule has 0 fully saturated rings. The monoisotopic (exact) mass is 1290 g/mol. The Hall–Kier alpha value is -5.09. The number of unbranched alkanes of at least 4 members (excludes halogenated alkanes) is 27. The van der Waals surface area contributed by atoms with E-state index in [9.17, 15) is 19.5 Å². The smallest absolute Gasteiger partial charge is 0.361 e. The van der Waals surface area contributed by atoms with Gasteiger partial charge in [0.1, 0.15) is 13.2 Å². The van der Waals surface area contributed by atoms with Gasteiger partial charge in [-0.15, -0.1) is 0 Å². The predicted molar refractivity (Wildman–Crippen MR) is 400 cm³/mol. The maximum atomic E-state index is 13.0. The van der Waals surface area contributed by atoms with Crippen molar-refractivity contribution in [3.05, 3.63) is 158 Å². The van der Waals surface area contributed by atoms with Crippen LogP contribution in [0.25, 0.3) is 0 Å². The zero-order valence-corrected chi connectivity index (χ0v) is 60.4. The molecule has 1 N–H and O–H groups in total. The molecular weight excluding hydrogens is 1150 g/mol. The van der Waals surface area contributed by atoms with Gasteiger partial charge in [-0.25, -0.2) is 4.79 Å². The van der Waals surface area contributed by atoms with Crippen LogP contribution >= 0.6 is 0 Å². The molecule has 0 aliphatic carbocycles. The molecule has 0 aliphatic rings. The van der Waals surface area contributed by atoms with Gasteiger partial charge < -0.3 is 28.5 Å². The summed E-state index contributed by atoms with van der Waals surface area (Å²) in [7, 11) is 5.98. The van der Waals surface area contributed by atoms with Crippen LogP contribution in [0.2, 0.25) is 0 Å². The third-order valence-electron chi connectivity index (χ3n) is 15.8. The third-order valence-corrected chi connectivity index (χ3v) is 15.8. The molecule has 9 nitrogen and oxygen atoms in total. The molecule has 9 heteroatoms. The molecule has 0 aromatic carbocycles. The SMILES string of the molecule is CC/C=C\C/C=C\C/C=C\C/C=C\C/C=C\C/C=C\C/C=C\CCCCCCCCCCCCCCCCCC(=O)OC(COC(=O)CCCCCCCCCCCCCC/C=C\C/C=C\C/C=C\C/C=C\C/C=C\C/C=C\CC)COC(OCC[N+](C)(C)C)C(=O)O. The molecule has 0 amide bonds. The molecule has 2 atom stereocenters. The number of nitrogens with zero attached hydrogens (tertiary/aromatic N) is 1. The van der Waals surface area contributed by atoms with E-state index in [1.807, 2.05) is 21.1 Å². The van der Waals surface area contributed by atoms with Gasteiger partial charge >= 0.3 is 17.9 Å². The van der Waals surface area contributed by atoms with Gasteiger partial charge in [-0.05, 0) is 122 Å². The minimum atomic E-state index is -1.52. The van der Waals surface area contributed by atoms with E-state index in [0.717, 1.165) is 122 Å². The zero-order valence-electron chi connectivity index (χ0n) is 60.4. The lowest BCUT2D eigenvalue weighted by atomic mass is 10.0. The molecule has 0 saturated heterocycles. The lowest BCUT2D eigenvalue weighted by molar-refractivity contribution is -0.870. The molecule has 93 heavy (non-hydrogen) atoms. The number of hydrogen-bond donors (Lipinski definition) is 1. The van der Waals surface area contributed by atoms with E-state index in [4.69, 9.17) is 18.9 Å². The second-order valence-corrected chi connectivity index (χ2v) is 25.8. The molecule has 0 saturated carbocycles. The summed E-state index contributed by atoms with van der Waals surface area (Å²) in [6.07, 6.45) is 105. The van der Waals surface area contributed by atoms with Gasteiger partial charge in [-0.3, -0.25) is 9.59 Å². The van der Waals surface area contributed by atoms with E-state index < -0.39 is 24.3 Å². The summed E-state index contributed by atoms with van der Waals surface area (Å²) in [5.74, 6) is -2.01. The minimum Gasteiger partial charge on any atom is -0.477 e. The molecule has 0 bridgehead atoms. The van der Waals surface area contributed by atoms with Crippen LogP contribution in [0.4, 0.5) is 0 Å². The Morgan fingerprint density at radius 2 is 0.581 bits per heavy atom. The Labute approximate surface area is 572 Å². The second-order valence-electron chi connectivity index (χ2n) is 25.8. The number of carboxylic acid groups (broad SMARTS) is 1. The van der Waals surface area contributed by atoms with E-state index in [1.54, 1.807) is 0 Å². The quantitative estimate of drug-likeness (QED) is 0.0211. The standard InChI is InChI=1S/C84H139NO8/c1-6-8-10-12-14-16-18-20-22-24-26-28-30-32-34-36-38-39-40-41-42-43-45-47-49-51-53-55-57-59-61-63-65-67-69-71-73-75-82(87)93-80(79-92-84(83(88)89)90-77-76-85(3,4)5)78-91-81(86)74-72-70-68-66-64-62-60-58-56-54-52-50-48-46-44-37-35-33-31-29-27-25-23-21-19-17-15-13-11-9-7-2/h8-11,14-17,20-23,26-29,32-35,38-39,41-42,44,46,80,84H,6-7,12-13,18-19,24-25,30-31,36-37,40,43,45,47-79H2,1-5H3/p+1/b10-8-,11-9-,16-14-,17-15-,22-20-,23-21-,28-26-,29-27-,34-32-,35-33-,39-38-,42-41-,46-44-. The van der Waals surface area contributed by atoms with Crippen molar-refractivity contribution in [1.82, 2.24) is 0 Å². The lowest BCUT2D eigenvalue weighted by Crippen LogP contribution is -2.40. The van der Waals surface area contributed by atoms with Crippen molar-refractivity contribution in [2.75, 3.05) is 47.5 Å². The van der Waals surface area contributed by atoms with Gasteiger partial charge in [-0.2, -0.15) is 0 Å². The number of carbonyl (C=O) groups excluding carboxylic acids is 2. The molecule has 0 spiro atoms. The summed E-state index contributed by atoms with van der Waals surface area (Å²) >= 11 is 0. The largest absolute Gasteiger partial charge is 0.477 e. The number of allylic oxidation sites excluding steroid dienone is 26. The molecule has 0 radical (unpaired) electrons. The number of carboxylic acids is 1. The maximum Gasteiger partial charge on any atom is 0.361 e. The van der Waals surface area contributed by atoms with Gasteiger partial charge in [0.05, 0.1) is 34.4 Å². The van der Waals surface area contributed by atoms with Crippen LogP contribution in [0.1, 0.15) is 296 Å². The molecule has 0 heterocycles. The fraction of sp³-hybridized carbons (Fsp3) is 0.655. The fourth-order valence-electron chi connectivity index (χ4n) is 10.1. The highest BCUT2D eigenvalue weighted by Crippen LogP contribution is 2.17. The molecular formula is C84H140NO8+. The van der Waals surface area contributed by atoms with Crippen LogP contribution in [-0.2, 0) is 33.3 Å². The van der Waals surface area contributed by atoms with E-state index in [0.29, 0.717) is 23.9 Å². The first kappa shape index (κ1) is 87.9.